The van der Waals surface area contributed by atoms with Crippen molar-refractivity contribution in [3.05, 3.63) is 52.9 Å². The van der Waals surface area contributed by atoms with Gasteiger partial charge in [-0.15, -0.1) is 0 Å². The lowest BCUT2D eigenvalue weighted by Gasteiger charge is -2.27. The zero-order chi connectivity index (χ0) is 21.8. The predicted octanol–water partition coefficient (Wildman–Crippen LogP) is 6.81. The van der Waals surface area contributed by atoms with Gasteiger partial charge in [0.2, 0.25) is 0 Å². The number of benzene rings is 2. The van der Waals surface area contributed by atoms with Gasteiger partial charge in [0.1, 0.15) is 22.6 Å². The van der Waals surface area contributed by atoms with Crippen molar-refractivity contribution < 1.29 is 13.9 Å². The molecule has 31 heavy (non-hydrogen) atoms. The van der Waals surface area contributed by atoms with Crippen molar-refractivity contribution in [1.29, 1.82) is 0 Å². The molecule has 5 rings (SSSR count). The Hall–Kier alpha value is -2.80. The van der Waals surface area contributed by atoms with E-state index in [1.54, 1.807) is 4.90 Å². The summed E-state index contributed by atoms with van der Waals surface area (Å²) in [7, 11) is 0. The minimum Gasteiger partial charge on any atom is -0.456 e. The van der Waals surface area contributed by atoms with Crippen LogP contribution in [0.25, 0.3) is 33.2 Å². The molecular weight excluding hydrogens is 458 g/mol. The van der Waals surface area contributed by atoms with Crippen molar-refractivity contribution in [1.82, 2.24) is 14.9 Å². The molecule has 0 unspecified atom stereocenters. The summed E-state index contributed by atoms with van der Waals surface area (Å²) in [6.45, 7) is 6.33. The van der Waals surface area contributed by atoms with E-state index in [-0.39, 0.29) is 12.1 Å². The lowest BCUT2D eigenvalue weighted by Crippen LogP contribution is -2.36. The Morgan fingerprint density at radius 1 is 1.19 bits per heavy atom. The van der Waals surface area contributed by atoms with Crippen LogP contribution in [0.4, 0.5) is 4.79 Å². The molecule has 1 amide bonds. The van der Waals surface area contributed by atoms with Crippen LogP contribution in [-0.2, 0) is 4.74 Å². The Morgan fingerprint density at radius 2 is 1.94 bits per heavy atom. The molecule has 2 aromatic heterocycles. The molecule has 7 heteroatoms. The number of aromatic nitrogens is 2. The minimum atomic E-state index is -0.518. The number of H-pyrrole nitrogens is 1. The van der Waals surface area contributed by atoms with Gasteiger partial charge in [0.25, 0.3) is 0 Å². The average Bonchev–Trinajstić information content (AvgIpc) is 3.42. The van der Waals surface area contributed by atoms with Gasteiger partial charge in [0.05, 0.1) is 17.9 Å². The molecule has 1 saturated heterocycles. The summed E-state index contributed by atoms with van der Waals surface area (Å²) in [5.41, 5.74) is 3.06. The van der Waals surface area contributed by atoms with Gasteiger partial charge in [-0.3, -0.25) is 4.90 Å². The van der Waals surface area contributed by atoms with Crippen molar-refractivity contribution in [3.8, 4) is 11.3 Å². The molecule has 1 fully saturated rings. The number of furan rings is 1. The molecule has 0 saturated carbocycles. The molecule has 1 atom stereocenters. The molecule has 0 aliphatic carbocycles. The molecule has 3 heterocycles. The van der Waals surface area contributed by atoms with E-state index in [0.29, 0.717) is 6.54 Å². The third-order valence-corrected chi connectivity index (χ3v) is 6.03. The first kappa shape index (κ1) is 20.1. The number of carbonyl (C=O) groups is 1. The first-order chi connectivity index (χ1) is 14.8. The van der Waals surface area contributed by atoms with Gasteiger partial charge in [-0.2, -0.15) is 0 Å². The smallest absolute Gasteiger partial charge is 0.410 e. The van der Waals surface area contributed by atoms with Gasteiger partial charge >= 0.3 is 6.09 Å². The second-order valence-corrected chi connectivity index (χ2v) is 9.88. The standard InChI is InChI=1S/C24H24BrN3O3/c1-24(2,3)31-23(29)28-10-4-5-19(28)22-26-13-18(27-22)14-6-8-16-17-9-7-15(25)12-21(17)30-20(16)11-14/h6-9,11-13,19H,4-5,10H2,1-3H3,(H,26,27)/t19-/m0/s1. The number of rotatable bonds is 2. The van der Waals surface area contributed by atoms with Crippen LogP contribution >= 0.6 is 15.9 Å². The number of halogens is 1. The topological polar surface area (TPSA) is 71.4 Å². The fourth-order valence-corrected chi connectivity index (χ4v) is 4.50. The summed E-state index contributed by atoms with van der Waals surface area (Å²) in [4.78, 5) is 22.4. The Balaban J connectivity index is 1.44. The Kier molecular flexibility index (Phi) is 4.81. The summed E-state index contributed by atoms with van der Waals surface area (Å²) in [6.07, 6.45) is 3.33. The van der Waals surface area contributed by atoms with Crippen LogP contribution < -0.4 is 0 Å². The van der Waals surface area contributed by atoms with Crippen LogP contribution in [0.5, 0.6) is 0 Å². The number of likely N-dealkylation sites (tertiary alicyclic amines) is 1. The van der Waals surface area contributed by atoms with Crippen LogP contribution in [0.3, 0.4) is 0 Å². The molecule has 4 aromatic rings. The SMILES string of the molecule is CC(C)(C)OC(=O)N1CCC[C@H]1c1ncc(-c2ccc3c(c2)oc2cc(Br)ccc23)[nH]1. The molecule has 1 aliphatic rings. The molecule has 1 N–H and O–H groups in total. The number of nitrogens with zero attached hydrogens (tertiary/aromatic N) is 2. The Morgan fingerprint density at radius 3 is 2.71 bits per heavy atom. The van der Waals surface area contributed by atoms with Crippen molar-refractivity contribution in [2.24, 2.45) is 0 Å². The van der Waals surface area contributed by atoms with E-state index in [9.17, 15) is 4.79 Å². The number of hydrogen-bond acceptors (Lipinski definition) is 4. The van der Waals surface area contributed by atoms with Crippen LogP contribution in [-0.4, -0.2) is 33.1 Å². The van der Waals surface area contributed by atoms with Crippen molar-refractivity contribution in [2.45, 2.75) is 45.3 Å². The van der Waals surface area contributed by atoms with E-state index >= 15 is 0 Å². The maximum atomic E-state index is 12.6. The lowest BCUT2D eigenvalue weighted by atomic mass is 10.1. The van der Waals surface area contributed by atoms with Gasteiger partial charge in [-0.1, -0.05) is 22.0 Å². The molecule has 1 aliphatic heterocycles. The van der Waals surface area contributed by atoms with E-state index in [0.717, 1.165) is 56.3 Å². The van der Waals surface area contributed by atoms with Crippen molar-refractivity contribution in [2.75, 3.05) is 6.54 Å². The second kappa shape index (κ2) is 7.41. The lowest BCUT2D eigenvalue weighted by molar-refractivity contribution is 0.0218. The largest absolute Gasteiger partial charge is 0.456 e. The van der Waals surface area contributed by atoms with Gasteiger partial charge in [-0.05, 0) is 63.9 Å². The average molecular weight is 482 g/mol. The van der Waals surface area contributed by atoms with E-state index in [1.165, 1.54) is 0 Å². The number of amides is 1. The number of carbonyl (C=O) groups excluding carboxylic acids is 1. The van der Waals surface area contributed by atoms with Gasteiger partial charge < -0.3 is 14.1 Å². The Bertz CT molecular complexity index is 1280. The molecule has 0 radical (unpaired) electrons. The first-order valence-electron chi connectivity index (χ1n) is 10.5. The highest BCUT2D eigenvalue weighted by molar-refractivity contribution is 9.10. The molecule has 0 spiro atoms. The number of fused-ring (bicyclic) bond motifs is 3. The zero-order valence-corrected chi connectivity index (χ0v) is 19.3. The number of imidazole rings is 1. The van der Waals surface area contributed by atoms with Crippen LogP contribution in [0, 0.1) is 0 Å². The minimum absolute atomic E-state index is 0.101. The third kappa shape index (κ3) is 3.83. The summed E-state index contributed by atoms with van der Waals surface area (Å²) in [6, 6.07) is 12.1. The molecule has 160 valence electrons. The first-order valence-corrected chi connectivity index (χ1v) is 11.2. The molecular formula is C24H24BrN3O3. The zero-order valence-electron chi connectivity index (χ0n) is 17.7. The fourth-order valence-electron chi connectivity index (χ4n) is 4.16. The summed E-state index contributed by atoms with van der Waals surface area (Å²) >= 11 is 3.50. The van der Waals surface area contributed by atoms with Gasteiger partial charge in [0, 0.05) is 27.4 Å². The highest BCUT2D eigenvalue weighted by Gasteiger charge is 2.34. The summed E-state index contributed by atoms with van der Waals surface area (Å²) in [5, 5.41) is 2.17. The summed E-state index contributed by atoms with van der Waals surface area (Å²) in [5.74, 6) is 0.784. The fraction of sp³-hybridized carbons (Fsp3) is 0.333. The second-order valence-electron chi connectivity index (χ2n) is 8.97. The number of nitrogens with one attached hydrogen (secondary N) is 1. The maximum Gasteiger partial charge on any atom is 0.410 e. The predicted molar refractivity (Wildman–Crippen MR) is 124 cm³/mol. The highest BCUT2D eigenvalue weighted by atomic mass is 79.9. The number of aromatic amines is 1. The van der Waals surface area contributed by atoms with Crippen LogP contribution in [0.1, 0.15) is 45.5 Å². The monoisotopic (exact) mass is 481 g/mol. The van der Waals surface area contributed by atoms with Crippen molar-refractivity contribution >= 4 is 44.0 Å². The maximum absolute atomic E-state index is 12.6. The van der Waals surface area contributed by atoms with E-state index in [1.807, 2.05) is 45.2 Å². The normalized spacial score (nSPS) is 17.0. The quantitative estimate of drug-likeness (QED) is 0.341. The van der Waals surface area contributed by atoms with Gasteiger partial charge in [-0.25, -0.2) is 9.78 Å². The molecule has 0 bridgehead atoms. The number of hydrogen-bond donors (Lipinski definition) is 1. The Labute approximate surface area is 188 Å². The van der Waals surface area contributed by atoms with Crippen LogP contribution in [0.2, 0.25) is 0 Å². The van der Waals surface area contributed by atoms with E-state index < -0.39 is 5.60 Å². The van der Waals surface area contributed by atoms with Gasteiger partial charge in [0.15, 0.2) is 0 Å². The summed E-state index contributed by atoms with van der Waals surface area (Å²) < 4.78 is 12.6. The molecule has 2 aromatic carbocycles. The highest BCUT2D eigenvalue weighted by Crippen LogP contribution is 2.35. The van der Waals surface area contributed by atoms with E-state index in [4.69, 9.17) is 9.15 Å². The molecule has 6 nitrogen and oxygen atoms in total. The van der Waals surface area contributed by atoms with Crippen molar-refractivity contribution in [3.63, 3.8) is 0 Å². The van der Waals surface area contributed by atoms with E-state index in [2.05, 4.69) is 44.1 Å². The number of ether oxygens (including phenoxy) is 1. The van der Waals surface area contributed by atoms with Crippen LogP contribution in [0.15, 0.2) is 51.5 Å². The third-order valence-electron chi connectivity index (χ3n) is 5.54.